The van der Waals surface area contributed by atoms with Crippen molar-refractivity contribution in [3.8, 4) is 6.07 Å². The van der Waals surface area contributed by atoms with Crippen LogP contribution in [0, 0.1) is 17.2 Å². The Kier molecular flexibility index (Phi) is 7.02. The van der Waals surface area contributed by atoms with Gasteiger partial charge in [0.1, 0.15) is 11.9 Å². The molecule has 1 aromatic rings. The van der Waals surface area contributed by atoms with Crippen molar-refractivity contribution in [2.75, 3.05) is 31.1 Å². The number of pyridine rings is 1. The molecule has 0 unspecified atom stereocenters. The molecular weight excluding hydrogens is 376 g/mol. The average molecular weight is 413 g/mol. The monoisotopic (exact) mass is 412 g/mol. The van der Waals surface area contributed by atoms with Crippen molar-refractivity contribution in [1.29, 1.82) is 5.26 Å². The number of rotatable bonds is 6. The molecule has 1 amide bonds. The van der Waals surface area contributed by atoms with Gasteiger partial charge in [-0.15, -0.1) is 0 Å². The zero-order chi connectivity index (χ0) is 21.9. The number of nitriles is 1. The summed E-state index contributed by atoms with van der Waals surface area (Å²) in [7, 11) is 0. The first-order valence-corrected chi connectivity index (χ1v) is 11.4. The van der Waals surface area contributed by atoms with Gasteiger partial charge in [-0.3, -0.25) is 4.79 Å². The van der Waals surface area contributed by atoms with E-state index in [1.54, 1.807) is 0 Å². The van der Waals surface area contributed by atoms with E-state index in [2.05, 4.69) is 45.6 Å². The molecule has 164 valence electrons. The van der Waals surface area contributed by atoms with Crippen LogP contribution >= 0.6 is 0 Å². The van der Waals surface area contributed by atoms with Crippen LogP contribution in [0.15, 0.2) is 0 Å². The average Bonchev–Trinajstić information content (AvgIpc) is 2.70. The molecule has 30 heavy (non-hydrogen) atoms. The molecule has 1 fully saturated rings. The van der Waals surface area contributed by atoms with Crippen molar-refractivity contribution in [2.24, 2.45) is 5.92 Å². The van der Waals surface area contributed by atoms with E-state index in [0.29, 0.717) is 37.6 Å². The van der Waals surface area contributed by atoms with Crippen molar-refractivity contribution in [1.82, 2.24) is 9.88 Å². The fourth-order valence-electron chi connectivity index (χ4n) is 4.38. The Morgan fingerprint density at radius 3 is 2.53 bits per heavy atom. The molecule has 0 atom stereocenters. The minimum Gasteiger partial charge on any atom is -0.370 e. The predicted molar refractivity (Wildman–Crippen MR) is 118 cm³/mol. The summed E-state index contributed by atoms with van der Waals surface area (Å²) in [5.74, 6) is 1.52. The number of ether oxygens (including phenoxy) is 1. The highest BCUT2D eigenvalue weighted by Crippen LogP contribution is 2.36. The first-order chi connectivity index (χ1) is 14.3. The molecule has 1 saturated heterocycles. The van der Waals surface area contributed by atoms with Crippen molar-refractivity contribution in [3.63, 3.8) is 0 Å². The van der Waals surface area contributed by atoms with Gasteiger partial charge in [-0.2, -0.15) is 5.26 Å². The largest absolute Gasteiger partial charge is 0.370 e. The number of nitrogens with zero attached hydrogens (tertiary/aromatic N) is 4. The fourth-order valence-corrected chi connectivity index (χ4v) is 4.38. The summed E-state index contributed by atoms with van der Waals surface area (Å²) >= 11 is 0. The summed E-state index contributed by atoms with van der Waals surface area (Å²) < 4.78 is 6.06. The topological polar surface area (TPSA) is 69.5 Å². The fraction of sp³-hybridized carbons (Fsp3) is 0.708. The van der Waals surface area contributed by atoms with E-state index in [9.17, 15) is 10.1 Å². The maximum absolute atomic E-state index is 12.4. The number of amides is 1. The molecule has 2 aliphatic rings. The Labute approximate surface area is 181 Å². The number of aromatic nitrogens is 1. The summed E-state index contributed by atoms with van der Waals surface area (Å²) in [5.41, 5.74) is 3.69. The second-order valence-electron chi connectivity index (χ2n) is 9.62. The van der Waals surface area contributed by atoms with E-state index >= 15 is 0 Å². The number of anilines is 1. The molecule has 6 heteroatoms. The van der Waals surface area contributed by atoms with Gasteiger partial charge in [-0.05, 0) is 38.2 Å². The van der Waals surface area contributed by atoms with Crippen molar-refractivity contribution >= 4 is 11.7 Å². The van der Waals surface area contributed by atoms with Crippen LogP contribution in [0.5, 0.6) is 0 Å². The number of hydrogen-bond donors (Lipinski definition) is 0. The van der Waals surface area contributed by atoms with Crippen LogP contribution in [0.25, 0.3) is 0 Å². The number of piperazine rings is 1. The van der Waals surface area contributed by atoms with Crippen molar-refractivity contribution in [2.45, 2.75) is 78.9 Å². The zero-order valence-electron chi connectivity index (χ0n) is 19.3. The summed E-state index contributed by atoms with van der Waals surface area (Å²) in [4.78, 5) is 21.6. The Bertz CT molecular complexity index is 817. The van der Waals surface area contributed by atoms with Crippen LogP contribution in [0.3, 0.4) is 0 Å². The molecule has 2 aliphatic heterocycles. The zero-order valence-corrected chi connectivity index (χ0v) is 19.3. The number of unbranched alkanes of at least 4 members (excludes halogenated alkanes) is 1. The van der Waals surface area contributed by atoms with Gasteiger partial charge in [0.05, 0.1) is 17.8 Å². The molecule has 0 bridgehead atoms. The lowest BCUT2D eigenvalue weighted by atomic mass is 9.86. The van der Waals surface area contributed by atoms with Gasteiger partial charge in [0, 0.05) is 50.3 Å². The van der Waals surface area contributed by atoms with Crippen LogP contribution in [0.2, 0.25) is 0 Å². The van der Waals surface area contributed by atoms with Crippen LogP contribution < -0.4 is 4.90 Å². The van der Waals surface area contributed by atoms with E-state index in [1.165, 1.54) is 0 Å². The van der Waals surface area contributed by atoms with Gasteiger partial charge in [-0.25, -0.2) is 4.98 Å². The Hall–Kier alpha value is -2.13. The lowest BCUT2D eigenvalue weighted by Gasteiger charge is -2.38. The summed E-state index contributed by atoms with van der Waals surface area (Å²) in [6, 6.07) is 2.46. The van der Waals surface area contributed by atoms with Gasteiger partial charge in [0.2, 0.25) is 5.91 Å². The molecule has 0 spiro atoms. The van der Waals surface area contributed by atoms with E-state index in [4.69, 9.17) is 9.72 Å². The van der Waals surface area contributed by atoms with E-state index in [-0.39, 0.29) is 11.5 Å². The smallest absolute Gasteiger partial charge is 0.222 e. The number of carbonyl (C=O) groups excluding carboxylic acids is 1. The minimum absolute atomic E-state index is 0.245. The molecule has 3 heterocycles. The highest BCUT2D eigenvalue weighted by Gasteiger charge is 2.33. The van der Waals surface area contributed by atoms with E-state index in [1.807, 2.05) is 4.90 Å². The Morgan fingerprint density at radius 2 is 1.93 bits per heavy atom. The summed E-state index contributed by atoms with van der Waals surface area (Å²) in [5, 5.41) is 10.1. The molecule has 0 aliphatic carbocycles. The first-order valence-electron chi connectivity index (χ1n) is 11.4. The van der Waals surface area contributed by atoms with E-state index in [0.717, 1.165) is 61.4 Å². The second kappa shape index (κ2) is 9.34. The van der Waals surface area contributed by atoms with Gasteiger partial charge in [0.25, 0.3) is 0 Å². The SMILES string of the molecule is CCCCC(=O)N1CCN(c2nc(CC(C)C)c3c(c2C#N)CC(C)(C)OC3)CC1. The van der Waals surface area contributed by atoms with Crippen LogP contribution in [-0.2, 0) is 29.0 Å². The predicted octanol–water partition coefficient (Wildman–Crippen LogP) is 3.84. The standard InChI is InChI=1S/C24H36N4O2/c1-6-7-8-22(29)27-9-11-28(12-10-27)23-19(15-25)18-14-24(4,5)30-16-20(18)21(26-23)13-17(2)3/h17H,6-14,16H2,1-5H3. The minimum atomic E-state index is -0.281. The van der Waals surface area contributed by atoms with Crippen LogP contribution in [0.4, 0.5) is 5.82 Å². The molecule has 0 saturated carbocycles. The molecule has 6 nitrogen and oxygen atoms in total. The molecule has 0 N–H and O–H groups in total. The lowest BCUT2D eigenvalue weighted by Crippen LogP contribution is -2.49. The van der Waals surface area contributed by atoms with Crippen LogP contribution in [-0.4, -0.2) is 47.6 Å². The molecular formula is C24H36N4O2. The van der Waals surface area contributed by atoms with Gasteiger partial charge in [0.15, 0.2) is 0 Å². The normalized spacial score (nSPS) is 18.3. The highest BCUT2D eigenvalue weighted by atomic mass is 16.5. The third-order valence-corrected chi connectivity index (χ3v) is 6.08. The van der Waals surface area contributed by atoms with Gasteiger partial charge in [-0.1, -0.05) is 27.2 Å². The second-order valence-corrected chi connectivity index (χ2v) is 9.62. The number of carbonyl (C=O) groups is 1. The molecule has 1 aromatic heterocycles. The highest BCUT2D eigenvalue weighted by molar-refractivity contribution is 5.76. The molecule has 0 aromatic carbocycles. The van der Waals surface area contributed by atoms with Gasteiger partial charge < -0.3 is 14.5 Å². The van der Waals surface area contributed by atoms with Crippen molar-refractivity contribution in [3.05, 3.63) is 22.4 Å². The third kappa shape index (κ3) is 4.95. The maximum Gasteiger partial charge on any atom is 0.222 e. The van der Waals surface area contributed by atoms with Gasteiger partial charge >= 0.3 is 0 Å². The van der Waals surface area contributed by atoms with E-state index < -0.39 is 0 Å². The first kappa shape index (κ1) is 22.6. The molecule has 0 radical (unpaired) electrons. The van der Waals surface area contributed by atoms with Crippen molar-refractivity contribution < 1.29 is 9.53 Å². The summed E-state index contributed by atoms with van der Waals surface area (Å²) in [6.45, 7) is 14.0. The Morgan fingerprint density at radius 1 is 1.23 bits per heavy atom. The third-order valence-electron chi connectivity index (χ3n) is 6.08. The summed E-state index contributed by atoms with van der Waals surface area (Å²) in [6.07, 6.45) is 4.21. The molecule has 3 rings (SSSR count). The number of hydrogen-bond acceptors (Lipinski definition) is 5. The van der Waals surface area contributed by atoms with Crippen LogP contribution in [0.1, 0.15) is 76.3 Å². The number of fused-ring (bicyclic) bond motifs is 1. The Balaban J connectivity index is 1.90. The maximum atomic E-state index is 12.4. The lowest BCUT2D eigenvalue weighted by molar-refractivity contribution is -0.131. The quantitative estimate of drug-likeness (QED) is 0.710.